The van der Waals surface area contributed by atoms with E-state index in [0.717, 1.165) is 37.3 Å². The van der Waals surface area contributed by atoms with Gasteiger partial charge in [-0.1, -0.05) is 42.5 Å². The number of likely N-dealkylation sites (N-methyl/N-ethyl adjacent to an activating group) is 1. The van der Waals surface area contributed by atoms with Gasteiger partial charge in [0, 0.05) is 54.1 Å². The molecule has 0 spiro atoms. The predicted octanol–water partition coefficient (Wildman–Crippen LogP) is 4.06. The number of hydrogen-bond acceptors (Lipinski definition) is 4. The van der Waals surface area contributed by atoms with Gasteiger partial charge in [-0.05, 0) is 61.5 Å². The number of piperazine rings is 1. The van der Waals surface area contributed by atoms with E-state index in [0.29, 0.717) is 28.0 Å². The molecule has 0 saturated carbocycles. The molecule has 1 atom stereocenters. The Hall–Kier alpha value is -4.23. The van der Waals surface area contributed by atoms with Crippen molar-refractivity contribution in [2.45, 2.75) is 13.0 Å². The molecule has 5 rings (SSSR count). The quantitative estimate of drug-likeness (QED) is 0.524. The molecule has 0 bridgehead atoms. The maximum atomic E-state index is 13.0. The molecule has 3 amide bonds. The standard InChI is InChI=1S/C30H30N4O3/c1-20(22-6-4-3-5-7-22)31-28(35)24-12-13-27-25(19-24)26(29(36)32-27)18-21-8-10-23(11-9-21)30(37)34-16-14-33(2)15-17-34/h3-13,18-20H,14-17H2,1-2H3,(H,31,35)(H,32,36)/b26-18-/t20-/m1/s1. The minimum Gasteiger partial charge on any atom is -0.346 e. The molecule has 3 aromatic carbocycles. The number of nitrogens with zero attached hydrogens (tertiary/aromatic N) is 2. The molecular weight excluding hydrogens is 464 g/mol. The molecular formula is C30H30N4O3. The van der Waals surface area contributed by atoms with E-state index in [1.54, 1.807) is 36.4 Å². The van der Waals surface area contributed by atoms with Crippen LogP contribution in [0.3, 0.4) is 0 Å². The van der Waals surface area contributed by atoms with Crippen LogP contribution in [0.4, 0.5) is 5.69 Å². The summed E-state index contributed by atoms with van der Waals surface area (Å²) < 4.78 is 0. The fraction of sp³-hybridized carbons (Fsp3) is 0.233. The third-order valence-corrected chi connectivity index (χ3v) is 6.97. The molecule has 7 heteroatoms. The van der Waals surface area contributed by atoms with Crippen LogP contribution in [-0.2, 0) is 4.79 Å². The van der Waals surface area contributed by atoms with Crippen LogP contribution in [0.2, 0.25) is 0 Å². The summed E-state index contributed by atoms with van der Waals surface area (Å²) >= 11 is 0. The van der Waals surface area contributed by atoms with Gasteiger partial charge in [0.2, 0.25) is 0 Å². The SMILES string of the molecule is C[C@@H](NC(=O)c1ccc2c(c1)/C(=C/c1ccc(C(=O)N3CCN(C)CC3)cc1)C(=O)N2)c1ccccc1. The van der Waals surface area contributed by atoms with E-state index in [1.165, 1.54) is 0 Å². The lowest BCUT2D eigenvalue weighted by molar-refractivity contribution is -0.110. The highest BCUT2D eigenvalue weighted by atomic mass is 16.2. The van der Waals surface area contributed by atoms with Crippen LogP contribution in [0.25, 0.3) is 11.6 Å². The van der Waals surface area contributed by atoms with Gasteiger partial charge in [0.15, 0.2) is 0 Å². The number of benzene rings is 3. The predicted molar refractivity (Wildman–Crippen MR) is 145 cm³/mol. The van der Waals surface area contributed by atoms with Gasteiger partial charge in [-0.3, -0.25) is 14.4 Å². The van der Waals surface area contributed by atoms with Crippen LogP contribution >= 0.6 is 0 Å². The van der Waals surface area contributed by atoms with Crippen molar-refractivity contribution in [1.29, 1.82) is 0 Å². The summed E-state index contributed by atoms with van der Waals surface area (Å²) in [5.74, 6) is -0.399. The Labute approximate surface area is 216 Å². The molecule has 3 aromatic rings. The Morgan fingerprint density at radius 3 is 2.30 bits per heavy atom. The molecule has 0 radical (unpaired) electrons. The minimum atomic E-state index is -0.220. The van der Waals surface area contributed by atoms with E-state index in [1.807, 2.05) is 54.3 Å². The van der Waals surface area contributed by atoms with Gasteiger partial charge in [0.25, 0.3) is 17.7 Å². The molecule has 0 aliphatic carbocycles. The van der Waals surface area contributed by atoms with Crippen molar-refractivity contribution < 1.29 is 14.4 Å². The highest BCUT2D eigenvalue weighted by Crippen LogP contribution is 2.34. The topological polar surface area (TPSA) is 81.8 Å². The average molecular weight is 495 g/mol. The second-order valence-electron chi connectivity index (χ2n) is 9.60. The van der Waals surface area contributed by atoms with Gasteiger partial charge in [0.05, 0.1) is 6.04 Å². The number of anilines is 1. The molecule has 37 heavy (non-hydrogen) atoms. The zero-order valence-corrected chi connectivity index (χ0v) is 21.0. The number of hydrogen-bond donors (Lipinski definition) is 2. The fourth-order valence-corrected chi connectivity index (χ4v) is 4.66. The van der Waals surface area contributed by atoms with Gasteiger partial charge >= 0.3 is 0 Å². The van der Waals surface area contributed by atoms with Crippen molar-refractivity contribution in [3.63, 3.8) is 0 Å². The van der Waals surface area contributed by atoms with Crippen LogP contribution in [0.15, 0.2) is 72.8 Å². The Balaban J connectivity index is 1.33. The molecule has 0 unspecified atom stereocenters. The first-order chi connectivity index (χ1) is 17.9. The van der Waals surface area contributed by atoms with Crippen molar-refractivity contribution in [1.82, 2.24) is 15.1 Å². The van der Waals surface area contributed by atoms with Crippen LogP contribution in [0, 0.1) is 0 Å². The lowest BCUT2D eigenvalue weighted by atomic mass is 10.0. The maximum absolute atomic E-state index is 13.0. The Bertz CT molecular complexity index is 1360. The summed E-state index contributed by atoms with van der Waals surface area (Å²) in [6, 6.07) is 22.1. The van der Waals surface area contributed by atoms with Crippen LogP contribution < -0.4 is 10.6 Å². The van der Waals surface area contributed by atoms with Gasteiger partial charge in [-0.2, -0.15) is 0 Å². The molecule has 2 aliphatic rings. The fourth-order valence-electron chi connectivity index (χ4n) is 4.66. The second kappa shape index (κ2) is 10.4. The largest absolute Gasteiger partial charge is 0.346 e. The van der Waals surface area contributed by atoms with Crippen LogP contribution in [0.5, 0.6) is 0 Å². The Kier molecular flexibility index (Phi) is 6.88. The van der Waals surface area contributed by atoms with Crippen molar-refractivity contribution in [3.05, 3.63) is 101 Å². The lowest BCUT2D eigenvalue weighted by Crippen LogP contribution is -2.47. The highest BCUT2D eigenvalue weighted by Gasteiger charge is 2.26. The van der Waals surface area contributed by atoms with Crippen LogP contribution in [0.1, 0.15) is 50.4 Å². The number of carbonyl (C=O) groups excluding carboxylic acids is 3. The highest BCUT2D eigenvalue weighted by molar-refractivity contribution is 6.35. The Morgan fingerprint density at radius 1 is 0.919 bits per heavy atom. The lowest BCUT2D eigenvalue weighted by Gasteiger charge is -2.32. The molecule has 7 nitrogen and oxygen atoms in total. The second-order valence-corrected chi connectivity index (χ2v) is 9.60. The number of rotatable bonds is 5. The normalized spacial score (nSPS) is 17.3. The van der Waals surface area contributed by atoms with E-state index in [-0.39, 0.29) is 23.8 Å². The molecule has 2 heterocycles. The maximum Gasteiger partial charge on any atom is 0.256 e. The third-order valence-electron chi connectivity index (χ3n) is 6.97. The summed E-state index contributed by atoms with van der Waals surface area (Å²) in [6.07, 6.45) is 1.79. The van der Waals surface area contributed by atoms with Crippen molar-refractivity contribution >= 4 is 35.1 Å². The summed E-state index contributed by atoms with van der Waals surface area (Å²) in [5.41, 5.74) is 4.78. The van der Waals surface area contributed by atoms with Crippen LogP contribution in [-0.4, -0.2) is 60.7 Å². The molecule has 0 aromatic heterocycles. The minimum absolute atomic E-state index is 0.0247. The van der Waals surface area contributed by atoms with E-state index in [4.69, 9.17) is 0 Å². The summed E-state index contributed by atoms with van der Waals surface area (Å²) in [6.45, 7) is 5.12. The van der Waals surface area contributed by atoms with Gasteiger partial charge in [0.1, 0.15) is 0 Å². The van der Waals surface area contributed by atoms with E-state index < -0.39 is 0 Å². The first-order valence-electron chi connectivity index (χ1n) is 12.5. The summed E-state index contributed by atoms with van der Waals surface area (Å²) in [7, 11) is 2.06. The first-order valence-corrected chi connectivity index (χ1v) is 12.5. The third kappa shape index (κ3) is 5.32. The zero-order valence-electron chi connectivity index (χ0n) is 21.0. The van der Waals surface area contributed by atoms with Crippen molar-refractivity contribution in [2.24, 2.45) is 0 Å². The summed E-state index contributed by atoms with van der Waals surface area (Å²) in [4.78, 5) is 42.6. The van der Waals surface area contributed by atoms with Gasteiger partial charge in [-0.25, -0.2) is 0 Å². The number of amides is 3. The summed E-state index contributed by atoms with van der Waals surface area (Å²) in [5, 5.41) is 5.90. The zero-order chi connectivity index (χ0) is 25.9. The first kappa shape index (κ1) is 24.5. The van der Waals surface area contributed by atoms with Gasteiger partial charge in [-0.15, -0.1) is 0 Å². The van der Waals surface area contributed by atoms with E-state index in [9.17, 15) is 14.4 Å². The molecule has 1 fully saturated rings. The van der Waals surface area contributed by atoms with E-state index in [2.05, 4.69) is 22.6 Å². The number of carbonyl (C=O) groups is 3. The van der Waals surface area contributed by atoms with E-state index >= 15 is 0 Å². The Morgan fingerprint density at radius 2 is 1.59 bits per heavy atom. The number of nitrogens with one attached hydrogen (secondary N) is 2. The van der Waals surface area contributed by atoms with Gasteiger partial charge < -0.3 is 20.4 Å². The molecule has 2 N–H and O–H groups in total. The van der Waals surface area contributed by atoms with Crippen molar-refractivity contribution in [3.8, 4) is 0 Å². The number of fused-ring (bicyclic) bond motifs is 1. The smallest absolute Gasteiger partial charge is 0.256 e. The van der Waals surface area contributed by atoms with Crippen molar-refractivity contribution in [2.75, 3.05) is 38.5 Å². The molecule has 1 saturated heterocycles. The monoisotopic (exact) mass is 494 g/mol. The average Bonchev–Trinajstić information content (AvgIpc) is 3.23. The molecule has 188 valence electrons. The molecule has 2 aliphatic heterocycles.